The highest BCUT2D eigenvalue weighted by Crippen LogP contribution is 2.12. The van der Waals surface area contributed by atoms with Crippen LogP contribution in [0.15, 0.2) is 58.3 Å². The maximum Gasteiger partial charge on any atom is 0.271 e. The second kappa shape index (κ2) is 4.88. The fourth-order valence-electron chi connectivity index (χ4n) is 2.74. The van der Waals surface area contributed by atoms with E-state index in [1.165, 1.54) is 10.8 Å². The zero-order valence-electron chi connectivity index (χ0n) is 12.3. The molecule has 0 saturated carbocycles. The number of hydrogen-bond donors (Lipinski definition) is 1. The topological polar surface area (TPSA) is 80.6 Å². The summed E-state index contributed by atoms with van der Waals surface area (Å²) >= 11 is 0. The van der Waals surface area contributed by atoms with Crippen LogP contribution in [0.25, 0.3) is 27.8 Å². The van der Waals surface area contributed by atoms with Crippen molar-refractivity contribution in [3.05, 3.63) is 75.1 Å². The van der Waals surface area contributed by atoms with Crippen molar-refractivity contribution in [2.24, 2.45) is 0 Å². The van der Waals surface area contributed by atoms with Crippen molar-refractivity contribution < 1.29 is 0 Å². The van der Waals surface area contributed by atoms with Gasteiger partial charge in [-0.25, -0.2) is 4.98 Å². The molecule has 6 heteroatoms. The van der Waals surface area contributed by atoms with Gasteiger partial charge in [0.2, 0.25) is 5.43 Å². The van der Waals surface area contributed by atoms with Crippen LogP contribution >= 0.6 is 0 Å². The smallest absolute Gasteiger partial charge is 0.271 e. The predicted octanol–water partition coefficient (Wildman–Crippen LogP) is 1.93. The van der Waals surface area contributed by atoms with Gasteiger partial charge in [-0.2, -0.15) is 0 Å². The van der Waals surface area contributed by atoms with Crippen LogP contribution in [0.4, 0.5) is 0 Å². The van der Waals surface area contributed by atoms with E-state index in [1.807, 2.05) is 18.2 Å². The molecular weight excluding hydrogens is 292 g/mol. The number of hydrogen-bond acceptors (Lipinski definition) is 4. The Kier molecular flexibility index (Phi) is 2.84. The molecule has 4 aromatic rings. The number of para-hydroxylation sites is 1. The molecule has 1 aromatic carbocycles. The molecule has 1 N–H and O–H groups in total. The maximum atomic E-state index is 12.9. The van der Waals surface area contributed by atoms with Gasteiger partial charge >= 0.3 is 0 Å². The Bertz CT molecular complexity index is 1160. The normalized spacial score (nSPS) is 11.2. The summed E-state index contributed by atoms with van der Waals surface area (Å²) in [6, 6.07) is 12.6. The zero-order valence-corrected chi connectivity index (χ0v) is 12.3. The Morgan fingerprint density at radius 1 is 1.04 bits per heavy atom. The third kappa shape index (κ3) is 1.96. The Labute approximate surface area is 130 Å². The lowest BCUT2D eigenvalue weighted by Crippen LogP contribution is -2.27. The monoisotopic (exact) mass is 304 g/mol. The number of aryl methyl sites for hydroxylation is 1. The molecule has 6 nitrogen and oxygen atoms in total. The largest absolute Gasteiger partial charge is 0.337 e. The quantitative estimate of drug-likeness (QED) is 0.545. The van der Waals surface area contributed by atoms with Crippen LogP contribution in [0.1, 0.15) is 5.82 Å². The fraction of sp³-hybridized carbons (Fsp3) is 0.0588. The highest BCUT2D eigenvalue weighted by atomic mass is 16.1. The molecule has 3 aromatic heterocycles. The molecule has 23 heavy (non-hydrogen) atoms. The van der Waals surface area contributed by atoms with Crippen LogP contribution in [-0.2, 0) is 0 Å². The van der Waals surface area contributed by atoms with E-state index < -0.39 is 11.0 Å². The van der Waals surface area contributed by atoms with Crippen LogP contribution in [0.2, 0.25) is 0 Å². The van der Waals surface area contributed by atoms with Crippen LogP contribution in [0.5, 0.6) is 0 Å². The van der Waals surface area contributed by atoms with E-state index in [4.69, 9.17) is 0 Å². The zero-order chi connectivity index (χ0) is 16.0. The lowest BCUT2D eigenvalue weighted by atomic mass is 10.2. The second-order valence-electron chi connectivity index (χ2n) is 5.21. The minimum Gasteiger partial charge on any atom is -0.337 e. The van der Waals surface area contributed by atoms with E-state index in [2.05, 4.69) is 15.0 Å². The van der Waals surface area contributed by atoms with Crippen molar-refractivity contribution in [1.29, 1.82) is 0 Å². The molecule has 0 fully saturated rings. The summed E-state index contributed by atoms with van der Waals surface area (Å²) in [6.07, 6.45) is 1.53. The van der Waals surface area contributed by atoms with Crippen LogP contribution < -0.4 is 11.0 Å². The third-order valence-corrected chi connectivity index (χ3v) is 3.77. The van der Waals surface area contributed by atoms with Gasteiger partial charge in [-0.1, -0.05) is 18.2 Å². The molecule has 0 bridgehead atoms. The lowest BCUT2D eigenvalue weighted by molar-refractivity contribution is 0.889. The highest BCUT2D eigenvalue weighted by molar-refractivity contribution is 5.87. The van der Waals surface area contributed by atoms with Crippen molar-refractivity contribution in [3.63, 3.8) is 0 Å². The van der Waals surface area contributed by atoms with Crippen molar-refractivity contribution in [1.82, 2.24) is 19.5 Å². The molecule has 0 aliphatic carbocycles. The molecule has 0 amide bonds. The van der Waals surface area contributed by atoms with E-state index in [9.17, 15) is 9.59 Å². The van der Waals surface area contributed by atoms with Crippen molar-refractivity contribution >= 4 is 22.1 Å². The van der Waals surface area contributed by atoms with Crippen molar-refractivity contribution in [3.8, 4) is 5.69 Å². The standard InChI is InChI=1S/C17H12N4O2/c1-10-19-16-13(15(22)14-12(20-16)8-5-9-18-14)17(23)21(10)11-6-3-2-4-7-11/h2-9H,1H3,(H,20,22). The molecule has 0 aliphatic rings. The Morgan fingerprint density at radius 3 is 2.61 bits per heavy atom. The van der Waals surface area contributed by atoms with Crippen molar-refractivity contribution in [2.75, 3.05) is 0 Å². The molecule has 112 valence electrons. The summed E-state index contributed by atoms with van der Waals surface area (Å²) in [7, 11) is 0. The molecule has 0 aliphatic heterocycles. The average Bonchev–Trinajstić information content (AvgIpc) is 2.55. The number of aromatic amines is 1. The number of aromatic nitrogens is 4. The Morgan fingerprint density at radius 2 is 1.83 bits per heavy atom. The van der Waals surface area contributed by atoms with E-state index in [0.29, 0.717) is 17.0 Å². The van der Waals surface area contributed by atoms with Gasteiger partial charge in [0, 0.05) is 6.20 Å². The summed E-state index contributed by atoms with van der Waals surface area (Å²) in [4.78, 5) is 37.1. The van der Waals surface area contributed by atoms with Crippen LogP contribution in [-0.4, -0.2) is 19.5 Å². The summed E-state index contributed by atoms with van der Waals surface area (Å²) in [6.45, 7) is 1.74. The van der Waals surface area contributed by atoms with Gasteiger partial charge in [0.05, 0.1) is 11.2 Å². The summed E-state index contributed by atoms with van der Waals surface area (Å²) < 4.78 is 1.44. The molecule has 4 rings (SSSR count). The first kappa shape index (κ1) is 13.4. The Balaban J connectivity index is 2.21. The first-order valence-electron chi connectivity index (χ1n) is 7.12. The SMILES string of the molecule is Cc1nc2[nH]c3cccnc3c(=O)c2c(=O)n1-c1ccccc1. The van der Waals surface area contributed by atoms with Gasteiger partial charge in [0.25, 0.3) is 5.56 Å². The Hall–Kier alpha value is -3.28. The first-order chi connectivity index (χ1) is 11.2. The summed E-state index contributed by atoms with van der Waals surface area (Å²) in [5.41, 5.74) is 0.954. The number of benzene rings is 1. The minimum absolute atomic E-state index is 0.0191. The van der Waals surface area contributed by atoms with Crippen LogP contribution in [0, 0.1) is 6.92 Å². The molecule has 0 radical (unpaired) electrons. The van der Waals surface area contributed by atoms with E-state index in [0.717, 1.165) is 0 Å². The van der Waals surface area contributed by atoms with Crippen LogP contribution in [0.3, 0.4) is 0 Å². The van der Waals surface area contributed by atoms with E-state index >= 15 is 0 Å². The first-order valence-corrected chi connectivity index (χ1v) is 7.12. The second-order valence-corrected chi connectivity index (χ2v) is 5.21. The number of pyridine rings is 2. The molecule has 0 saturated heterocycles. The van der Waals surface area contributed by atoms with Gasteiger partial charge in [-0.05, 0) is 31.2 Å². The minimum atomic E-state index is -0.406. The van der Waals surface area contributed by atoms with Gasteiger partial charge < -0.3 is 4.98 Å². The summed E-state index contributed by atoms with van der Waals surface area (Å²) in [5, 5.41) is 0.0191. The number of rotatable bonds is 1. The predicted molar refractivity (Wildman–Crippen MR) is 88.0 cm³/mol. The number of H-pyrrole nitrogens is 1. The van der Waals surface area contributed by atoms with E-state index in [-0.39, 0.29) is 16.6 Å². The van der Waals surface area contributed by atoms with Gasteiger partial charge in [-0.15, -0.1) is 0 Å². The third-order valence-electron chi connectivity index (χ3n) is 3.77. The number of nitrogens with one attached hydrogen (secondary N) is 1. The molecule has 3 heterocycles. The lowest BCUT2D eigenvalue weighted by Gasteiger charge is -2.10. The highest BCUT2D eigenvalue weighted by Gasteiger charge is 2.15. The number of fused-ring (bicyclic) bond motifs is 2. The maximum absolute atomic E-state index is 12.9. The molecular formula is C17H12N4O2. The van der Waals surface area contributed by atoms with Gasteiger partial charge in [0.1, 0.15) is 22.4 Å². The number of nitrogens with zero attached hydrogens (tertiary/aromatic N) is 3. The average molecular weight is 304 g/mol. The fourth-order valence-corrected chi connectivity index (χ4v) is 2.74. The van der Waals surface area contributed by atoms with Crippen molar-refractivity contribution in [2.45, 2.75) is 6.92 Å². The molecule has 0 atom stereocenters. The van der Waals surface area contributed by atoms with E-state index in [1.54, 1.807) is 31.2 Å². The van der Waals surface area contributed by atoms with Gasteiger partial charge in [-0.3, -0.25) is 19.1 Å². The molecule has 0 spiro atoms. The molecule has 0 unspecified atom stereocenters. The van der Waals surface area contributed by atoms with Gasteiger partial charge in [0.15, 0.2) is 0 Å². The summed E-state index contributed by atoms with van der Waals surface area (Å²) in [5.74, 6) is 0.507.